The maximum atomic E-state index is 15.4. The van der Waals surface area contributed by atoms with Crippen molar-refractivity contribution >= 4 is 22.8 Å². The van der Waals surface area contributed by atoms with E-state index >= 15 is 4.39 Å². The third-order valence-corrected chi connectivity index (χ3v) is 5.54. The van der Waals surface area contributed by atoms with Crippen LogP contribution < -0.4 is 19.5 Å². The maximum Gasteiger partial charge on any atom is 0.269 e. The van der Waals surface area contributed by atoms with Crippen molar-refractivity contribution in [3.8, 4) is 28.4 Å². The van der Waals surface area contributed by atoms with Gasteiger partial charge in [0.05, 0.1) is 17.5 Å². The monoisotopic (exact) mass is 477 g/mol. The lowest BCUT2D eigenvalue weighted by molar-refractivity contribution is -0.125. The second kappa shape index (κ2) is 9.59. The number of aromatic nitrogens is 3. The van der Waals surface area contributed by atoms with Crippen LogP contribution in [0.4, 0.5) is 10.1 Å². The Morgan fingerprint density at radius 3 is 2.86 bits per heavy atom. The molecule has 0 radical (unpaired) electrons. The van der Waals surface area contributed by atoms with Crippen LogP contribution in [0.1, 0.15) is 0 Å². The van der Waals surface area contributed by atoms with E-state index in [4.69, 9.17) is 14.2 Å². The van der Waals surface area contributed by atoms with Crippen LogP contribution >= 0.6 is 0 Å². The summed E-state index contributed by atoms with van der Waals surface area (Å²) < 4.78 is 32.8. The molecule has 3 heterocycles. The Kier molecular flexibility index (Phi) is 6.19. The summed E-state index contributed by atoms with van der Waals surface area (Å²) in [5.74, 6) is 0.377. The molecule has 9 nitrogen and oxygen atoms in total. The molecule has 0 fully saturated rings. The zero-order valence-electron chi connectivity index (χ0n) is 19.2. The summed E-state index contributed by atoms with van der Waals surface area (Å²) >= 11 is 0. The lowest BCUT2D eigenvalue weighted by Gasteiger charge is -2.26. The van der Waals surface area contributed by atoms with Crippen molar-refractivity contribution in [1.82, 2.24) is 19.9 Å². The molecule has 1 amide bonds. The summed E-state index contributed by atoms with van der Waals surface area (Å²) in [4.78, 5) is 26.3. The molecule has 2 aromatic heterocycles. The average Bonchev–Trinajstić information content (AvgIpc) is 3.34. The quantitative estimate of drug-likeness (QED) is 0.420. The highest BCUT2D eigenvalue weighted by molar-refractivity contribution is 5.97. The van der Waals surface area contributed by atoms with Gasteiger partial charge in [0.2, 0.25) is 6.10 Å². The van der Waals surface area contributed by atoms with Gasteiger partial charge >= 0.3 is 0 Å². The average molecular weight is 477 g/mol. The van der Waals surface area contributed by atoms with E-state index in [1.807, 2.05) is 25.1 Å². The smallest absolute Gasteiger partial charge is 0.269 e. The van der Waals surface area contributed by atoms with E-state index < -0.39 is 17.8 Å². The zero-order chi connectivity index (χ0) is 24.4. The highest BCUT2D eigenvalue weighted by atomic mass is 19.1. The van der Waals surface area contributed by atoms with Crippen LogP contribution in [0.2, 0.25) is 0 Å². The number of H-pyrrole nitrogens is 1. The third-order valence-electron chi connectivity index (χ3n) is 5.54. The fraction of sp³-hybridized carbons (Fsp3) is 0.240. The van der Waals surface area contributed by atoms with Gasteiger partial charge in [0, 0.05) is 29.9 Å². The number of imidazole rings is 1. The Morgan fingerprint density at radius 1 is 1.20 bits per heavy atom. The van der Waals surface area contributed by atoms with Crippen LogP contribution in [-0.2, 0) is 4.79 Å². The van der Waals surface area contributed by atoms with E-state index in [-0.39, 0.29) is 12.3 Å². The maximum absolute atomic E-state index is 15.4. The molecule has 1 unspecified atom stereocenters. The Morgan fingerprint density at radius 2 is 2.03 bits per heavy atom. The number of hydrogen-bond donors (Lipinski definition) is 2. The number of benzene rings is 2. The number of nitrogens with one attached hydrogen (secondary N) is 2. The van der Waals surface area contributed by atoms with Crippen molar-refractivity contribution in [3.63, 3.8) is 0 Å². The topological polar surface area (TPSA) is 102 Å². The molecule has 0 aliphatic carbocycles. The first-order valence-corrected chi connectivity index (χ1v) is 11.1. The predicted octanol–water partition coefficient (Wildman–Crippen LogP) is 3.48. The van der Waals surface area contributed by atoms with E-state index in [0.717, 1.165) is 0 Å². The first-order valence-electron chi connectivity index (χ1n) is 11.1. The summed E-state index contributed by atoms with van der Waals surface area (Å²) in [5, 5.41) is 2.75. The number of pyridine rings is 1. The van der Waals surface area contributed by atoms with Gasteiger partial charge in [0.1, 0.15) is 24.8 Å². The zero-order valence-corrected chi connectivity index (χ0v) is 19.2. The number of halogens is 1. The Balaban J connectivity index is 1.45. The molecule has 5 rings (SSSR count). The molecule has 0 spiro atoms. The number of likely N-dealkylation sites (N-methyl/N-ethyl adjacent to an activating group) is 1. The Labute approximate surface area is 200 Å². The van der Waals surface area contributed by atoms with Gasteiger partial charge in [-0.05, 0) is 38.4 Å². The molecule has 2 aromatic carbocycles. The lowest BCUT2D eigenvalue weighted by Crippen LogP contribution is -2.40. The molecule has 1 aliphatic rings. The summed E-state index contributed by atoms with van der Waals surface area (Å²) in [6, 6.07) is 11.6. The summed E-state index contributed by atoms with van der Waals surface area (Å²) in [7, 11) is 3.85. The molecule has 1 aliphatic heterocycles. The number of para-hydroxylation sites is 2. The van der Waals surface area contributed by atoms with Crippen LogP contribution in [0.3, 0.4) is 0 Å². The van der Waals surface area contributed by atoms with Gasteiger partial charge in [-0.1, -0.05) is 12.1 Å². The number of anilines is 1. The van der Waals surface area contributed by atoms with Crippen molar-refractivity contribution < 1.29 is 23.4 Å². The number of hydrogen-bond acceptors (Lipinski definition) is 7. The molecule has 4 aromatic rings. The lowest BCUT2D eigenvalue weighted by atomic mass is 10.0. The fourth-order valence-corrected chi connectivity index (χ4v) is 3.75. The predicted molar refractivity (Wildman–Crippen MR) is 128 cm³/mol. The molecule has 0 saturated carbocycles. The van der Waals surface area contributed by atoms with Gasteiger partial charge in [0.15, 0.2) is 17.1 Å². The van der Waals surface area contributed by atoms with Crippen molar-refractivity contribution in [3.05, 3.63) is 60.8 Å². The minimum atomic E-state index is -0.896. The van der Waals surface area contributed by atoms with Crippen LogP contribution in [0.15, 0.2) is 55.0 Å². The van der Waals surface area contributed by atoms with E-state index in [1.54, 1.807) is 36.5 Å². The number of amides is 1. The van der Waals surface area contributed by atoms with Crippen LogP contribution in [0.5, 0.6) is 17.2 Å². The number of carbonyl (C=O) groups is 1. The highest BCUT2D eigenvalue weighted by Crippen LogP contribution is 2.36. The van der Waals surface area contributed by atoms with Gasteiger partial charge in [-0.15, -0.1) is 0 Å². The number of aromatic amines is 1. The van der Waals surface area contributed by atoms with Crippen molar-refractivity contribution in [2.75, 3.05) is 39.2 Å². The molecule has 180 valence electrons. The van der Waals surface area contributed by atoms with Gasteiger partial charge in [0.25, 0.3) is 5.91 Å². The number of nitrogens with zero attached hydrogens (tertiary/aromatic N) is 3. The minimum absolute atomic E-state index is 0.0368. The van der Waals surface area contributed by atoms with Crippen molar-refractivity contribution in [1.29, 1.82) is 0 Å². The highest BCUT2D eigenvalue weighted by Gasteiger charge is 2.28. The molecule has 35 heavy (non-hydrogen) atoms. The van der Waals surface area contributed by atoms with Gasteiger partial charge in [-0.25, -0.2) is 14.4 Å². The van der Waals surface area contributed by atoms with Crippen LogP contribution in [0.25, 0.3) is 22.3 Å². The largest absolute Gasteiger partial charge is 0.490 e. The van der Waals surface area contributed by atoms with Crippen molar-refractivity contribution in [2.45, 2.75) is 6.10 Å². The molecule has 1 atom stereocenters. The Hall–Kier alpha value is -4.18. The normalized spacial score (nSPS) is 14.8. The standard InChI is InChI=1S/C25H24FN5O4/c1-31(2)9-10-33-21-11-16(15-7-8-27-24-23(15)28-14-29-24)17(26)12-18(21)30-25(32)22-13-34-19-5-3-4-6-20(19)35-22/h3-8,11-12,14,22H,9-10,13H2,1-2H3,(H,30,32)(H,27,28,29). The molecular formula is C25H24FN5O4. The molecule has 0 saturated heterocycles. The third kappa shape index (κ3) is 4.73. The minimum Gasteiger partial charge on any atom is -0.490 e. The van der Waals surface area contributed by atoms with E-state index in [9.17, 15) is 4.79 Å². The first kappa shape index (κ1) is 22.6. The van der Waals surface area contributed by atoms with Gasteiger partial charge < -0.3 is 29.4 Å². The SMILES string of the molecule is CN(C)CCOc1cc(-c2ccnc3nc[nH]c23)c(F)cc1NC(=O)C1COc2ccccc2O1. The Bertz CT molecular complexity index is 1370. The van der Waals surface area contributed by atoms with Crippen LogP contribution in [0, 0.1) is 5.82 Å². The summed E-state index contributed by atoms with van der Waals surface area (Å²) in [6.45, 7) is 1.01. The van der Waals surface area contributed by atoms with Gasteiger partial charge in [-0.3, -0.25) is 4.79 Å². The number of carbonyl (C=O) groups excluding carboxylic acids is 1. The molecule has 0 bridgehead atoms. The van der Waals surface area contributed by atoms with Crippen molar-refractivity contribution in [2.24, 2.45) is 0 Å². The first-order chi connectivity index (χ1) is 17.0. The second-order valence-corrected chi connectivity index (χ2v) is 8.29. The molecular weight excluding hydrogens is 453 g/mol. The summed E-state index contributed by atoms with van der Waals surface area (Å²) in [5.41, 5.74) is 2.16. The van der Waals surface area contributed by atoms with E-state index in [0.29, 0.717) is 52.7 Å². The number of rotatable bonds is 7. The molecule has 10 heteroatoms. The van der Waals surface area contributed by atoms with Gasteiger partial charge in [-0.2, -0.15) is 0 Å². The summed E-state index contributed by atoms with van der Waals surface area (Å²) in [6.07, 6.45) is 2.18. The number of ether oxygens (including phenoxy) is 3. The van der Waals surface area contributed by atoms with Crippen LogP contribution in [-0.4, -0.2) is 65.7 Å². The fourth-order valence-electron chi connectivity index (χ4n) is 3.75. The van der Waals surface area contributed by atoms with E-state index in [1.165, 1.54) is 12.4 Å². The molecule has 2 N–H and O–H groups in total. The number of fused-ring (bicyclic) bond motifs is 2. The second-order valence-electron chi connectivity index (χ2n) is 8.29. The van der Waals surface area contributed by atoms with E-state index in [2.05, 4.69) is 20.3 Å².